The second-order valence-corrected chi connectivity index (χ2v) is 4.62. The lowest BCUT2D eigenvalue weighted by Gasteiger charge is -2.12. The summed E-state index contributed by atoms with van der Waals surface area (Å²) in [6, 6.07) is 7.83. The number of benzene rings is 1. The Bertz CT molecular complexity index is 592. The fourth-order valence-corrected chi connectivity index (χ4v) is 2.02. The molecule has 0 saturated carbocycles. The SMILES string of the molecule is CCC(N)Oc1ccc2c(ccn2CCC(=O)OC)c1. The maximum atomic E-state index is 11.2. The standard InChI is InChI=1S/C15H20N2O3/c1-3-14(16)20-12-4-5-13-11(10-12)6-8-17(13)9-7-15(18)19-2/h4-6,8,10,14H,3,7,9,16H2,1-2H3. The number of carbonyl (C=O) groups is 1. The normalized spacial score (nSPS) is 12.3. The number of hydrogen-bond donors (Lipinski definition) is 1. The number of ether oxygens (including phenoxy) is 2. The zero-order valence-electron chi connectivity index (χ0n) is 11.8. The van der Waals surface area contributed by atoms with E-state index in [0.717, 1.165) is 23.1 Å². The Morgan fingerprint density at radius 3 is 2.90 bits per heavy atom. The van der Waals surface area contributed by atoms with Gasteiger partial charge in [0.05, 0.1) is 13.5 Å². The van der Waals surface area contributed by atoms with E-state index in [1.807, 2.05) is 42.0 Å². The van der Waals surface area contributed by atoms with Crippen LogP contribution < -0.4 is 10.5 Å². The van der Waals surface area contributed by atoms with Crippen LogP contribution in [0.2, 0.25) is 0 Å². The van der Waals surface area contributed by atoms with Gasteiger partial charge in [0, 0.05) is 23.6 Å². The molecule has 0 saturated heterocycles. The van der Waals surface area contributed by atoms with E-state index in [9.17, 15) is 4.79 Å². The monoisotopic (exact) mass is 276 g/mol. The number of hydrogen-bond acceptors (Lipinski definition) is 4. The van der Waals surface area contributed by atoms with E-state index in [0.29, 0.717) is 13.0 Å². The van der Waals surface area contributed by atoms with Crippen LogP contribution in [-0.2, 0) is 16.1 Å². The van der Waals surface area contributed by atoms with Crippen LogP contribution >= 0.6 is 0 Å². The van der Waals surface area contributed by atoms with Crippen LogP contribution in [0.1, 0.15) is 19.8 Å². The summed E-state index contributed by atoms with van der Waals surface area (Å²) in [7, 11) is 1.40. The molecule has 2 aromatic rings. The lowest BCUT2D eigenvalue weighted by molar-refractivity contribution is -0.140. The van der Waals surface area contributed by atoms with Gasteiger partial charge in [-0.2, -0.15) is 0 Å². The second-order valence-electron chi connectivity index (χ2n) is 4.62. The molecule has 0 radical (unpaired) electrons. The third-order valence-electron chi connectivity index (χ3n) is 3.22. The fraction of sp³-hybridized carbons (Fsp3) is 0.400. The number of carbonyl (C=O) groups excluding carboxylic acids is 1. The van der Waals surface area contributed by atoms with Gasteiger partial charge in [0.1, 0.15) is 12.0 Å². The van der Waals surface area contributed by atoms with Crippen LogP contribution in [0.3, 0.4) is 0 Å². The first-order chi connectivity index (χ1) is 9.63. The van der Waals surface area contributed by atoms with Gasteiger partial charge >= 0.3 is 5.97 Å². The molecule has 1 aromatic heterocycles. The van der Waals surface area contributed by atoms with Gasteiger partial charge in [0.15, 0.2) is 0 Å². The molecule has 5 heteroatoms. The van der Waals surface area contributed by atoms with Gasteiger partial charge in [-0.25, -0.2) is 0 Å². The van der Waals surface area contributed by atoms with Crippen LogP contribution in [0.15, 0.2) is 30.5 Å². The Labute approximate surface area is 118 Å². The summed E-state index contributed by atoms with van der Waals surface area (Å²) in [5.74, 6) is 0.554. The van der Waals surface area contributed by atoms with E-state index < -0.39 is 0 Å². The van der Waals surface area contributed by atoms with Crippen molar-refractivity contribution in [2.75, 3.05) is 7.11 Å². The summed E-state index contributed by atoms with van der Waals surface area (Å²) in [6.45, 7) is 2.58. The molecule has 0 aliphatic carbocycles. The molecular formula is C15H20N2O3. The number of esters is 1. The highest BCUT2D eigenvalue weighted by Gasteiger charge is 2.07. The van der Waals surface area contributed by atoms with E-state index in [1.165, 1.54) is 7.11 Å². The average molecular weight is 276 g/mol. The van der Waals surface area contributed by atoms with E-state index >= 15 is 0 Å². The number of nitrogens with zero attached hydrogens (tertiary/aromatic N) is 1. The molecule has 1 atom stereocenters. The molecule has 0 bridgehead atoms. The summed E-state index contributed by atoms with van der Waals surface area (Å²) < 4.78 is 12.3. The van der Waals surface area contributed by atoms with Crippen LogP contribution in [0.5, 0.6) is 5.75 Å². The molecule has 1 aromatic carbocycles. The third-order valence-corrected chi connectivity index (χ3v) is 3.22. The molecule has 0 amide bonds. The summed E-state index contributed by atoms with van der Waals surface area (Å²) in [5, 5.41) is 1.07. The number of aromatic nitrogens is 1. The highest BCUT2D eigenvalue weighted by atomic mass is 16.5. The maximum Gasteiger partial charge on any atom is 0.307 e. The van der Waals surface area contributed by atoms with Crippen molar-refractivity contribution in [1.82, 2.24) is 4.57 Å². The van der Waals surface area contributed by atoms with Crippen molar-refractivity contribution in [2.45, 2.75) is 32.5 Å². The summed E-state index contributed by atoms with van der Waals surface area (Å²) in [5.41, 5.74) is 6.83. The fourth-order valence-electron chi connectivity index (χ4n) is 2.02. The van der Waals surface area contributed by atoms with E-state index in [4.69, 9.17) is 10.5 Å². The van der Waals surface area contributed by atoms with Crippen molar-refractivity contribution < 1.29 is 14.3 Å². The van der Waals surface area contributed by atoms with Gasteiger partial charge in [-0.3, -0.25) is 10.5 Å². The molecule has 108 valence electrons. The predicted octanol–water partition coefficient (Wildman–Crippen LogP) is 2.28. The minimum absolute atomic E-state index is 0.208. The largest absolute Gasteiger partial charge is 0.476 e. The molecule has 2 rings (SSSR count). The minimum Gasteiger partial charge on any atom is -0.476 e. The number of methoxy groups -OCH3 is 1. The Morgan fingerprint density at radius 2 is 2.20 bits per heavy atom. The zero-order chi connectivity index (χ0) is 14.5. The van der Waals surface area contributed by atoms with Gasteiger partial charge in [-0.05, 0) is 30.7 Å². The average Bonchev–Trinajstić information content (AvgIpc) is 2.86. The first-order valence-corrected chi connectivity index (χ1v) is 6.72. The van der Waals surface area contributed by atoms with Crippen LogP contribution in [0.25, 0.3) is 10.9 Å². The molecule has 5 nitrogen and oxygen atoms in total. The lowest BCUT2D eigenvalue weighted by atomic mass is 10.2. The first kappa shape index (κ1) is 14.4. The van der Waals surface area contributed by atoms with Gasteiger partial charge in [0.2, 0.25) is 0 Å². The number of fused-ring (bicyclic) bond motifs is 1. The van der Waals surface area contributed by atoms with Crippen molar-refractivity contribution >= 4 is 16.9 Å². The number of aryl methyl sites for hydroxylation is 1. The van der Waals surface area contributed by atoms with Gasteiger partial charge in [-0.15, -0.1) is 0 Å². The van der Waals surface area contributed by atoms with Crippen LogP contribution in [0.4, 0.5) is 0 Å². The Morgan fingerprint density at radius 1 is 1.40 bits per heavy atom. The molecule has 0 aliphatic rings. The molecule has 0 fully saturated rings. The van der Waals surface area contributed by atoms with Crippen LogP contribution in [-0.4, -0.2) is 23.9 Å². The number of rotatable bonds is 6. The molecule has 1 unspecified atom stereocenters. The zero-order valence-corrected chi connectivity index (χ0v) is 11.8. The third kappa shape index (κ3) is 3.30. The topological polar surface area (TPSA) is 66.5 Å². The van der Waals surface area contributed by atoms with Crippen molar-refractivity contribution in [1.29, 1.82) is 0 Å². The van der Waals surface area contributed by atoms with E-state index in [2.05, 4.69) is 4.74 Å². The number of nitrogens with two attached hydrogens (primary N) is 1. The van der Waals surface area contributed by atoms with Crippen LogP contribution in [0, 0.1) is 0 Å². The van der Waals surface area contributed by atoms with Crippen molar-refractivity contribution in [3.63, 3.8) is 0 Å². The van der Waals surface area contributed by atoms with Gasteiger partial charge < -0.3 is 14.0 Å². The summed E-state index contributed by atoms with van der Waals surface area (Å²) in [6.07, 6.45) is 2.79. The van der Waals surface area contributed by atoms with E-state index in [1.54, 1.807) is 0 Å². The van der Waals surface area contributed by atoms with E-state index in [-0.39, 0.29) is 12.2 Å². The maximum absolute atomic E-state index is 11.2. The van der Waals surface area contributed by atoms with Crippen molar-refractivity contribution in [3.05, 3.63) is 30.5 Å². The lowest BCUT2D eigenvalue weighted by Crippen LogP contribution is -2.25. The second kappa shape index (κ2) is 6.43. The Balaban J connectivity index is 2.14. The van der Waals surface area contributed by atoms with Gasteiger partial charge in [-0.1, -0.05) is 6.92 Å². The highest BCUT2D eigenvalue weighted by Crippen LogP contribution is 2.23. The van der Waals surface area contributed by atoms with Crippen molar-refractivity contribution in [3.8, 4) is 5.75 Å². The molecule has 1 heterocycles. The predicted molar refractivity (Wildman–Crippen MR) is 77.5 cm³/mol. The van der Waals surface area contributed by atoms with Crippen molar-refractivity contribution in [2.24, 2.45) is 5.73 Å². The molecule has 0 aliphatic heterocycles. The molecule has 20 heavy (non-hydrogen) atoms. The molecule has 2 N–H and O–H groups in total. The first-order valence-electron chi connectivity index (χ1n) is 6.72. The Kier molecular flexibility index (Phi) is 4.63. The minimum atomic E-state index is -0.283. The molecular weight excluding hydrogens is 256 g/mol. The highest BCUT2D eigenvalue weighted by molar-refractivity contribution is 5.82. The molecule has 0 spiro atoms. The smallest absolute Gasteiger partial charge is 0.307 e. The Hall–Kier alpha value is -2.01. The van der Waals surface area contributed by atoms with Gasteiger partial charge in [0.25, 0.3) is 0 Å². The summed E-state index contributed by atoms with van der Waals surface area (Å²) >= 11 is 0. The summed E-state index contributed by atoms with van der Waals surface area (Å²) in [4.78, 5) is 11.2. The quantitative estimate of drug-likeness (QED) is 0.649.